The Hall–Kier alpha value is -2.14. The van der Waals surface area contributed by atoms with Crippen molar-refractivity contribution >= 4 is 28.8 Å². The van der Waals surface area contributed by atoms with Crippen LogP contribution in [0.25, 0.3) is 0 Å². The average molecular weight is 303 g/mol. The standard InChI is InChI=1S/C16H17NO3S/c1-11-4-9-15(21-11)14(18)10-20-16(19)12-5-7-13(8-6-12)17(2)3/h4-9H,10H2,1-3H3. The van der Waals surface area contributed by atoms with E-state index in [9.17, 15) is 9.59 Å². The van der Waals surface area contributed by atoms with E-state index in [0.717, 1.165) is 10.6 Å². The van der Waals surface area contributed by atoms with Gasteiger partial charge in [-0.05, 0) is 43.3 Å². The molecule has 0 aliphatic rings. The number of aryl methyl sites for hydroxylation is 1. The van der Waals surface area contributed by atoms with Gasteiger partial charge in [-0.25, -0.2) is 4.79 Å². The molecule has 2 aromatic rings. The molecule has 5 heteroatoms. The molecule has 4 nitrogen and oxygen atoms in total. The van der Waals surface area contributed by atoms with Gasteiger partial charge < -0.3 is 9.64 Å². The Balaban J connectivity index is 1.94. The van der Waals surface area contributed by atoms with Crippen LogP contribution in [-0.4, -0.2) is 32.5 Å². The number of carbonyl (C=O) groups excluding carboxylic acids is 2. The molecule has 0 atom stereocenters. The number of nitrogens with zero attached hydrogens (tertiary/aromatic N) is 1. The number of esters is 1. The van der Waals surface area contributed by atoms with E-state index in [1.807, 2.05) is 44.1 Å². The largest absolute Gasteiger partial charge is 0.454 e. The molecule has 0 aliphatic carbocycles. The van der Waals surface area contributed by atoms with E-state index < -0.39 is 5.97 Å². The van der Waals surface area contributed by atoms with Gasteiger partial charge in [0.05, 0.1) is 10.4 Å². The van der Waals surface area contributed by atoms with Crippen molar-refractivity contribution in [2.24, 2.45) is 0 Å². The lowest BCUT2D eigenvalue weighted by molar-refractivity contribution is 0.0476. The van der Waals surface area contributed by atoms with E-state index in [1.165, 1.54) is 11.3 Å². The smallest absolute Gasteiger partial charge is 0.338 e. The molecule has 0 fully saturated rings. The zero-order valence-corrected chi connectivity index (χ0v) is 13.1. The lowest BCUT2D eigenvalue weighted by atomic mass is 10.2. The number of rotatable bonds is 5. The molecule has 1 heterocycles. The van der Waals surface area contributed by atoms with Crippen LogP contribution in [0.3, 0.4) is 0 Å². The van der Waals surface area contributed by atoms with Crippen molar-refractivity contribution < 1.29 is 14.3 Å². The van der Waals surface area contributed by atoms with Gasteiger partial charge in [-0.3, -0.25) is 4.79 Å². The highest BCUT2D eigenvalue weighted by molar-refractivity contribution is 7.14. The quantitative estimate of drug-likeness (QED) is 0.629. The molecule has 1 aromatic carbocycles. The first-order valence-corrected chi connectivity index (χ1v) is 7.33. The van der Waals surface area contributed by atoms with Gasteiger partial charge >= 0.3 is 5.97 Å². The highest BCUT2D eigenvalue weighted by Crippen LogP contribution is 2.16. The summed E-state index contributed by atoms with van der Waals surface area (Å²) in [7, 11) is 3.85. The topological polar surface area (TPSA) is 46.6 Å². The van der Waals surface area contributed by atoms with E-state index in [2.05, 4.69) is 0 Å². The molecule has 0 aliphatic heterocycles. The Morgan fingerprint density at radius 2 is 1.76 bits per heavy atom. The predicted molar refractivity (Wildman–Crippen MR) is 84.4 cm³/mol. The molecule has 0 saturated heterocycles. The Labute approximate surface area is 128 Å². The zero-order chi connectivity index (χ0) is 15.4. The van der Waals surface area contributed by atoms with E-state index >= 15 is 0 Å². The number of benzene rings is 1. The maximum Gasteiger partial charge on any atom is 0.338 e. The summed E-state index contributed by atoms with van der Waals surface area (Å²) in [5, 5.41) is 0. The summed E-state index contributed by atoms with van der Waals surface area (Å²) in [4.78, 5) is 27.4. The third kappa shape index (κ3) is 3.92. The number of ether oxygens (including phenoxy) is 1. The van der Waals surface area contributed by atoms with E-state index in [1.54, 1.807) is 18.2 Å². The van der Waals surface area contributed by atoms with Gasteiger partial charge in [-0.1, -0.05) is 0 Å². The SMILES string of the molecule is Cc1ccc(C(=O)COC(=O)c2ccc(N(C)C)cc2)s1. The molecule has 0 N–H and O–H groups in total. The van der Waals surface area contributed by atoms with Crippen LogP contribution in [-0.2, 0) is 4.74 Å². The van der Waals surface area contributed by atoms with Gasteiger partial charge in [0.1, 0.15) is 0 Å². The maximum atomic E-state index is 11.9. The van der Waals surface area contributed by atoms with E-state index in [0.29, 0.717) is 10.4 Å². The second kappa shape index (κ2) is 6.54. The van der Waals surface area contributed by atoms with Crippen molar-refractivity contribution in [3.8, 4) is 0 Å². The molecule has 0 amide bonds. The number of anilines is 1. The molecule has 2 rings (SSSR count). The maximum absolute atomic E-state index is 11.9. The molecule has 21 heavy (non-hydrogen) atoms. The molecular weight excluding hydrogens is 286 g/mol. The van der Waals surface area contributed by atoms with Crippen LogP contribution in [0.4, 0.5) is 5.69 Å². The molecular formula is C16H17NO3S. The summed E-state index contributed by atoms with van der Waals surface area (Å²) in [5.41, 5.74) is 1.44. The van der Waals surface area contributed by atoms with Crippen LogP contribution in [0.2, 0.25) is 0 Å². The summed E-state index contributed by atoms with van der Waals surface area (Å²) in [6.45, 7) is 1.70. The summed E-state index contributed by atoms with van der Waals surface area (Å²) in [5.74, 6) is -0.659. The fraction of sp³-hybridized carbons (Fsp3) is 0.250. The van der Waals surface area contributed by atoms with Gasteiger partial charge in [0.25, 0.3) is 0 Å². The number of ketones is 1. The monoisotopic (exact) mass is 303 g/mol. The Morgan fingerprint density at radius 1 is 1.10 bits per heavy atom. The fourth-order valence-corrected chi connectivity index (χ4v) is 2.56. The normalized spacial score (nSPS) is 10.2. The number of Topliss-reactive ketones (excluding diaryl/α,β-unsaturated/α-hetero) is 1. The van der Waals surface area contributed by atoms with Gasteiger partial charge in [-0.15, -0.1) is 11.3 Å². The number of thiophene rings is 1. The molecule has 0 radical (unpaired) electrons. The molecule has 0 unspecified atom stereocenters. The fourth-order valence-electron chi connectivity index (χ4n) is 1.77. The van der Waals surface area contributed by atoms with Crippen LogP contribution in [0.15, 0.2) is 36.4 Å². The molecule has 0 saturated carbocycles. The van der Waals surface area contributed by atoms with Gasteiger partial charge in [-0.2, -0.15) is 0 Å². The lowest BCUT2D eigenvalue weighted by Crippen LogP contribution is -2.14. The van der Waals surface area contributed by atoms with Gasteiger partial charge in [0.2, 0.25) is 5.78 Å². The third-order valence-corrected chi connectivity index (χ3v) is 4.01. The average Bonchev–Trinajstić information content (AvgIpc) is 2.91. The highest BCUT2D eigenvalue weighted by Gasteiger charge is 2.13. The summed E-state index contributed by atoms with van der Waals surface area (Å²) in [6.07, 6.45) is 0. The minimum absolute atomic E-state index is 0.175. The third-order valence-electron chi connectivity index (χ3n) is 2.97. The van der Waals surface area contributed by atoms with Crippen LogP contribution < -0.4 is 4.90 Å². The number of hydrogen-bond donors (Lipinski definition) is 0. The molecule has 0 bridgehead atoms. The van der Waals surface area contributed by atoms with Gasteiger partial charge in [0.15, 0.2) is 6.61 Å². The lowest BCUT2D eigenvalue weighted by Gasteiger charge is -2.12. The van der Waals surface area contributed by atoms with E-state index in [-0.39, 0.29) is 12.4 Å². The van der Waals surface area contributed by atoms with Gasteiger partial charge in [0, 0.05) is 24.7 Å². The summed E-state index contributed by atoms with van der Waals surface area (Å²) < 4.78 is 5.06. The molecule has 110 valence electrons. The van der Waals surface area contributed by atoms with Crippen LogP contribution in [0, 0.1) is 6.92 Å². The predicted octanol–water partition coefficient (Wildman–Crippen LogP) is 3.16. The minimum Gasteiger partial charge on any atom is -0.454 e. The van der Waals surface area contributed by atoms with Crippen LogP contribution in [0.5, 0.6) is 0 Å². The van der Waals surface area contributed by atoms with Crippen molar-refractivity contribution in [2.45, 2.75) is 6.92 Å². The number of carbonyl (C=O) groups is 2. The van der Waals surface area contributed by atoms with Crippen molar-refractivity contribution in [1.82, 2.24) is 0 Å². The summed E-state index contributed by atoms with van der Waals surface area (Å²) in [6, 6.07) is 10.7. The van der Waals surface area contributed by atoms with E-state index in [4.69, 9.17) is 4.74 Å². The van der Waals surface area contributed by atoms with Crippen molar-refractivity contribution in [1.29, 1.82) is 0 Å². The first-order valence-electron chi connectivity index (χ1n) is 6.51. The second-order valence-corrected chi connectivity index (χ2v) is 6.14. The van der Waals surface area contributed by atoms with Crippen LogP contribution >= 0.6 is 11.3 Å². The minimum atomic E-state index is -0.484. The van der Waals surface area contributed by atoms with Crippen LogP contribution in [0.1, 0.15) is 24.9 Å². The zero-order valence-electron chi connectivity index (χ0n) is 12.3. The molecule has 1 aromatic heterocycles. The number of hydrogen-bond acceptors (Lipinski definition) is 5. The summed E-state index contributed by atoms with van der Waals surface area (Å²) >= 11 is 1.40. The van der Waals surface area contributed by atoms with Crippen molar-refractivity contribution in [3.05, 3.63) is 51.7 Å². The van der Waals surface area contributed by atoms with Crippen molar-refractivity contribution in [3.63, 3.8) is 0 Å². The Bertz CT molecular complexity index is 644. The Kier molecular flexibility index (Phi) is 4.75. The second-order valence-electron chi connectivity index (χ2n) is 4.85. The molecule has 0 spiro atoms. The Morgan fingerprint density at radius 3 is 2.29 bits per heavy atom. The first-order chi connectivity index (χ1) is 9.97. The highest BCUT2D eigenvalue weighted by atomic mass is 32.1. The first kappa shape index (κ1) is 15.3. The van der Waals surface area contributed by atoms with Crippen molar-refractivity contribution in [2.75, 3.05) is 25.6 Å².